The summed E-state index contributed by atoms with van der Waals surface area (Å²) in [7, 11) is 0. The largest absolute Gasteiger partial charge is 0.320 e. The summed E-state index contributed by atoms with van der Waals surface area (Å²) in [6, 6.07) is 7.05. The Morgan fingerprint density at radius 1 is 1.25 bits per heavy atom. The van der Waals surface area contributed by atoms with Gasteiger partial charge in [0.2, 0.25) is 0 Å². The fourth-order valence-electron chi connectivity index (χ4n) is 1.77. The highest BCUT2D eigenvalue weighted by molar-refractivity contribution is 6.30. The maximum atomic E-state index is 13.1. The third-order valence-electron chi connectivity index (χ3n) is 2.67. The number of allylic oxidation sites excluding steroid dienone is 2. The van der Waals surface area contributed by atoms with Crippen molar-refractivity contribution in [2.75, 3.05) is 0 Å². The summed E-state index contributed by atoms with van der Waals surface area (Å²) in [6.07, 6.45) is 4.72. The highest BCUT2D eigenvalue weighted by Gasteiger charge is 2.13. The molecular formula is C13H13ClFN. The van der Waals surface area contributed by atoms with Crippen molar-refractivity contribution in [1.29, 1.82) is 0 Å². The minimum atomic E-state index is -0.275. The first-order chi connectivity index (χ1) is 7.66. The Labute approximate surface area is 99.4 Å². The standard InChI is InChI=1S/C13H13ClFN/c14-11-6-4-9(5-7-11)13(16)10-2-1-3-12(15)8-10/h2,4-8,13H,1,3,16H2. The van der Waals surface area contributed by atoms with E-state index < -0.39 is 0 Å². The zero-order valence-corrected chi connectivity index (χ0v) is 9.54. The SMILES string of the molecule is NC(C1=CCCC(F)=C1)c1ccc(Cl)cc1. The summed E-state index contributed by atoms with van der Waals surface area (Å²) in [5.74, 6) is -0.0955. The van der Waals surface area contributed by atoms with Gasteiger partial charge in [-0.3, -0.25) is 0 Å². The van der Waals surface area contributed by atoms with Gasteiger partial charge in [-0.15, -0.1) is 0 Å². The number of halogens is 2. The van der Waals surface area contributed by atoms with Crippen LogP contribution in [0.1, 0.15) is 24.4 Å². The van der Waals surface area contributed by atoms with Crippen LogP contribution in [0.4, 0.5) is 4.39 Å². The lowest BCUT2D eigenvalue weighted by atomic mass is 9.95. The van der Waals surface area contributed by atoms with E-state index in [-0.39, 0.29) is 11.9 Å². The molecule has 0 bridgehead atoms. The van der Waals surface area contributed by atoms with Crippen molar-refractivity contribution in [1.82, 2.24) is 0 Å². The Morgan fingerprint density at radius 2 is 1.94 bits per heavy atom. The van der Waals surface area contributed by atoms with E-state index in [4.69, 9.17) is 17.3 Å². The molecule has 2 N–H and O–H groups in total. The molecule has 1 unspecified atom stereocenters. The monoisotopic (exact) mass is 237 g/mol. The van der Waals surface area contributed by atoms with Gasteiger partial charge < -0.3 is 5.73 Å². The molecule has 1 nitrogen and oxygen atoms in total. The van der Waals surface area contributed by atoms with Crippen LogP contribution in [-0.2, 0) is 0 Å². The molecular weight excluding hydrogens is 225 g/mol. The second-order valence-electron chi connectivity index (χ2n) is 3.86. The van der Waals surface area contributed by atoms with Gasteiger partial charge in [-0.2, -0.15) is 0 Å². The molecule has 0 heterocycles. The van der Waals surface area contributed by atoms with Crippen LogP contribution in [-0.4, -0.2) is 0 Å². The molecule has 2 rings (SSSR count). The quantitative estimate of drug-likeness (QED) is 0.829. The van der Waals surface area contributed by atoms with Crippen LogP contribution in [0.25, 0.3) is 0 Å². The predicted molar refractivity (Wildman–Crippen MR) is 64.9 cm³/mol. The first-order valence-electron chi connectivity index (χ1n) is 5.24. The Bertz CT molecular complexity index is 434. The highest BCUT2D eigenvalue weighted by atomic mass is 35.5. The summed E-state index contributed by atoms with van der Waals surface area (Å²) < 4.78 is 13.1. The van der Waals surface area contributed by atoms with Gasteiger partial charge in [-0.1, -0.05) is 29.8 Å². The third-order valence-corrected chi connectivity index (χ3v) is 2.93. The van der Waals surface area contributed by atoms with Crippen LogP contribution in [0, 0.1) is 0 Å². The fourth-order valence-corrected chi connectivity index (χ4v) is 1.89. The molecule has 0 aromatic heterocycles. The van der Waals surface area contributed by atoms with Gasteiger partial charge >= 0.3 is 0 Å². The van der Waals surface area contributed by atoms with Crippen LogP contribution in [0.2, 0.25) is 5.02 Å². The number of nitrogens with two attached hydrogens (primary N) is 1. The molecule has 0 fully saturated rings. The van der Waals surface area contributed by atoms with Gasteiger partial charge in [0, 0.05) is 11.4 Å². The number of hydrogen-bond acceptors (Lipinski definition) is 1. The molecule has 0 saturated carbocycles. The molecule has 1 aliphatic rings. The summed E-state index contributed by atoms with van der Waals surface area (Å²) in [5, 5.41) is 0.676. The Balaban J connectivity index is 2.22. The lowest BCUT2D eigenvalue weighted by Gasteiger charge is -2.16. The van der Waals surface area contributed by atoms with E-state index in [9.17, 15) is 4.39 Å². The molecule has 3 heteroatoms. The van der Waals surface area contributed by atoms with Crippen molar-refractivity contribution in [2.24, 2.45) is 5.73 Å². The summed E-state index contributed by atoms with van der Waals surface area (Å²) in [5.41, 5.74) is 7.84. The van der Waals surface area contributed by atoms with Crippen molar-refractivity contribution < 1.29 is 4.39 Å². The number of hydrogen-bond donors (Lipinski definition) is 1. The first kappa shape index (κ1) is 11.4. The normalized spacial score (nSPS) is 17.7. The average molecular weight is 238 g/mol. The molecule has 84 valence electrons. The van der Waals surface area contributed by atoms with E-state index in [0.29, 0.717) is 11.4 Å². The van der Waals surface area contributed by atoms with E-state index in [0.717, 1.165) is 17.6 Å². The van der Waals surface area contributed by atoms with E-state index in [2.05, 4.69) is 0 Å². The topological polar surface area (TPSA) is 26.0 Å². The molecule has 1 atom stereocenters. The van der Waals surface area contributed by atoms with Crippen molar-refractivity contribution >= 4 is 11.6 Å². The zero-order valence-electron chi connectivity index (χ0n) is 8.79. The van der Waals surface area contributed by atoms with Crippen LogP contribution >= 0.6 is 11.6 Å². The molecule has 0 spiro atoms. The molecule has 1 aliphatic carbocycles. The van der Waals surface area contributed by atoms with Gasteiger partial charge in [0.25, 0.3) is 0 Å². The van der Waals surface area contributed by atoms with Crippen molar-refractivity contribution in [3.63, 3.8) is 0 Å². The van der Waals surface area contributed by atoms with Crippen LogP contribution in [0.3, 0.4) is 0 Å². The van der Waals surface area contributed by atoms with Gasteiger partial charge in [0.05, 0.1) is 6.04 Å². The average Bonchev–Trinajstić information content (AvgIpc) is 2.29. The zero-order chi connectivity index (χ0) is 11.5. The maximum absolute atomic E-state index is 13.1. The second-order valence-corrected chi connectivity index (χ2v) is 4.30. The molecule has 0 aliphatic heterocycles. The molecule has 1 aromatic carbocycles. The molecule has 1 aromatic rings. The smallest absolute Gasteiger partial charge is 0.101 e. The van der Waals surface area contributed by atoms with Crippen LogP contribution < -0.4 is 5.73 Å². The predicted octanol–water partition coefficient (Wildman–Crippen LogP) is 3.91. The van der Waals surface area contributed by atoms with E-state index in [1.165, 1.54) is 6.08 Å². The van der Waals surface area contributed by atoms with Gasteiger partial charge in [0.15, 0.2) is 0 Å². The van der Waals surface area contributed by atoms with Crippen LogP contribution in [0.5, 0.6) is 0 Å². The second kappa shape index (κ2) is 4.81. The van der Waals surface area contributed by atoms with Gasteiger partial charge in [0.1, 0.15) is 5.83 Å². The molecule has 16 heavy (non-hydrogen) atoms. The Morgan fingerprint density at radius 3 is 2.56 bits per heavy atom. The summed E-state index contributed by atoms with van der Waals surface area (Å²) in [4.78, 5) is 0. The Hall–Kier alpha value is -1.12. The first-order valence-corrected chi connectivity index (χ1v) is 5.62. The molecule has 0 radical (unpaired) electrons. The van der Waals surface area contributed by atoms with Gasteiger partial charge in [-0.25, -0.2) is 4.39 Å². The maximum Gasteiger partial charge on any atom is 0.101 e. The fraction of sp³-hybridized carbons (Fsp3) is 0.231. The molecule has 0 saturated heterocycles. The summed E-state index contributed by atoms with van der Waals surface area (Å²) in [6.45, 7) is 0. The van der Waals surface area contributed by atoms with Gasteiger partial charge in [-0.05, 0) is 35.8 Å². The Kier molecular flexibility index (Phi) is 3.42. The van der Waals surface area contributed by atoms with E-state index in [1.807, 2.05) is 18.2 Å². The minimum absolute atomic E-state index is 0.0955. The summed E-state index contributed by atoms with van der Waals surface area (Å²) >= 11 is 5.80. The lowest BCUT2D eigenvalue weighted by molar-refractivity contribution is 0.581. The lowest BCUT2D eigenvalue weighted by Crippen LogP contribution is -2.13. The van der Waals surface area contributed by atoms with Crippen molar-refractivity contribution in [2.45, 2.75) is 18.9 Å². The molecule has 0 amide bonds. The number of benzene rings is 1. The number of rotatable bonds is 2. The third kappa shape index (κ3) is 2.52. The van der Waals surface area contributed by atoms with E-state index >= 15 is 0 Å². The van der Waals surface area contributed by atoms with E-state index in [1.54, 1.807) is 12.1 Å². The van der Waals surface area contributed by atoms with Crippen molar-refractivity contribution in [3.8, 4) is 0 Å². The highest BCUT2D eigenvalue weighted by Crippen LogP contribution is 2.27. The van der Waals surface area contributed by atoms with Crippen LogP contribution in [0.15, 0.2) is 47.8 Å². The minimum Gasteiger partial charge on any atom is -0.320 e. The van der Waals surface area contributed by atoms with Crippen molar-refractivity contribution in [3.05, 3.63) is 58.4 Å².